The number of fused-ring (bicyclic) bond motifs is 1. The van der Waals surface area contributed by atoms with Crippen molar-refractivity contribution < 1.29 is 14.3 Å². The number of pyridine rings is 1. The van der Waals surface area contributed by atoms with E-state index in [-0.39, 0.29) is 0 Å². The lowest BCUT2D eigenvalue weighted by Gasteiger charge is -2.17. The second-order valence-electron chi connectivity index (χ2n) is 6.56. The maximum Gasteiger partial charge on any atom is 0.252 e. The van der Waals surface area contributed by atoms with Crippen molar-refractivity contribution in [3.05, 3.63) is 53.7 Å². The number of carbonyl (C=O) groups is 1. The maximum absolute atomic E-state index is 12.1. The van der Waals surface area contributed by atoms with Crippen LogP contribution >= 0.6 is 0 Å². The van der Waals surface area contributed by atoms with Gasteiger partial charge < -0.3 is 26.3 Å². The van der Waals surface area contributed by atoms with Gasteiger partial charge in [-0.2, -0.15) is 0 Å². The molecule has 1 amide bonds. The van der Waals surface area contributed by atoms with Crippen LogP contribution in [0.4, 0.5) is 11.4 Å². The van der Waals surface area contributed by atoms with Gasteiger partial charge in [0.15, 0.2) is 11.5 Å². The quantitative estimate of drug-likeness (QED) is 0.480. The van der Waals surface area contributed by atoms with Gasteiger partial charge in [0.25, 0.3) is 5.91 Å². The topological polar surface area (TPSA) is 112 Å². The van der Waals surface area contributed by atoms with E-state index in [0.29, 0.717) is 41.4 Å². The van der Waals surface area contributed by atoms with Crippen molar-refractivity contribution in [1.82, 2.24) is 4.98 Å². The van der Waals surface area contributed by atoms with Crippen LogP contribution in [0.2, 0.25) is 0 Å². The minimum atomic E-state index is -0.557. The highest BCUT2D eigenvalue weighted by atomic mass is 16.5. The molecule has 7 nitrogen and oxygen atoms in total. The third-order valence-electron chi connectivity index (χ3n) is 4.68. The molecular weight excluding hydrogens is 368 g/mol. The highest BCUT2D eigenvalue weighted by molar-refractivity contribution is 6.08. The molecule has 0 fully saturated rings. The van der Waals surface area contributed by atoms with Crippen LogP contribution in [0.25, 0.3) is 10.9 Å². The smallest absolute Gasteiger partial charge is 0.252 e. The molecular formula is C22H26N4O3. The molecule has 0 spiro atoms. The number of hydrogen-bond donors (Lipinski definition) is 3. The first-order chi connectivity index (χ1) is 14.1. The van der Waals surface area contributed by atoms with E-state index >= 15 is 0 Å². The minimum Gasteiger partial charge on any atom is -0.493 e. The van der Waals surface area contributed by atoms with E-state index in [1.807, 2.05) is 30.3 Å². The Morgan fingerprint density at radius 3 is 2.69 bits per heavy atom. The fourth-order valence-electron chi connectivity index (χ4n) is 3.14. The van der Waals surface area contributed by atoms with Crippen molar-refractivity contribution in [2.24, 2.45) is 11.5 Å². The van der Waals surface area contributed by atoms with Crippen LogP contribution in [0.15, 0.2) is 42.6 Å². The van der Waals surface area contributed by atoms with Crippen LogP contribution in [-0.2, 0) is 6.42 Å². The Bertz CT molecular complexity index is 1020. The summed E-state index contributed by atoms with van der Waals surface area (Å²) in [6.07, 6.45) is 3.06. The summed E-state index contributed by atoms with van der Waals surface area (Å²) in [6.45, 7) is 3.10. The van der Waals surface area contributed by atoms with Crippen molar-refractivity contribution >= 4 is 28.2 Å². The standard InChI is InChI=1S/C22H26N4O3/c1-3-14-7-4-5-8-17(14)26-21-15-11-19(28-2)20(29-10-6-9-23)12-18(15)25-13-16(21)22(24)27/h4-5,7-8,11-13H,3,6,9-10,23H2,1-2H3,(H2,24,27)(H,25,26). The fraction of sp³-hybridized carbons (Fsp3) is 0.273. The van der Waals surface area contributed by atoms with E-state index in [0.717, 1.165) is 29.5 Å². The molecule has 1 heterocycles. The van der Waals surface area contributed by atoms with Gasteiger partial charge in [0.1, 0.15) is 0 Å². The van der Waals surface area contributed by atoms with Gasteiger partial charge in [-0.05, 0) is 37.1 Å². The zero-order valence-electron chi connectivity index (χ0n) is 16.7. The first kappa shape index (κ1) is 20.4. The molecule has 0 bridgehead atoms. The fourth-order valence-corrected chi connectivity index (χ4v) is 3.14. The van der Waals surface area contributed by atoms with Crippen molar-refractivity contribution in [1.29, 1.82) is 0 Å². The van der Waals surface area contributed by atoms with Crippen LogP contribution in [0.1, 0.15) is 29.3 Å². The van der Waals surface area contributed by atoms with Crippen molar-refractivity contribution in [2.75, 3.05) is 25.6 Å². The summed E-state index contributed by atoms with van der Waals surface area (Å²) in [7, 11) is 1.57. The van der Waals surface area contributed by atoms with Gasteiger partial charge in [-0.1, -0.05) is 25.1 Å². The molecule has 7 heteroatoms. The van der Waals surface area contributed by atoms with Gasteiger partial charge in [-0.25, -0.2) is 0 Å². The lowest BCUT2D eigenvalue weighted by atomic mass is 10.1. The zero-order chi connectivity index (χ0) is 20.8. The van der Waals surface area contributed by atoms with E-state index in [2.05, 4.69) is 17.2 Å². The summed E-state index contributed by atoms with van der Waals surface area (Å²) in [5, 5.41) is 4.10. The summed E-state index contributed by atoms with van der Waals surface area (Å²) in [4.78, 5) is 16.5. The highest BCUT2D eigenvalue weighted by Gasteiger charge is 2.17. The van der Waals surface area contributed by atoms with Gasteiger partial charge in [0.05, 0.1) is 30.5 Å². The summed E-state index contributed by atoms with van der Waals surface area (Å²) >= 11 is 0. The molecule has 3 rings (SSSR count). The third kappa shape index (κ3) is 4.41. The first-order valence-corrected chi connectivity index (χ1v) is 9.57. The molecule has 0 aliphatic heterocycles. The number of hydrogen-bond acceptors (Lipinski definition) is 6. The second kappa shape index (κ2) is 9.25. The molecule has 0 saturated heterocycles. The van der Waals surface area contributed by atoms with Crippen molar-refractivity contribution in [2.45, 2.75) is 19.8 Å². The molecule has 0 saturated carbocycles. The molecule has 2 aromatic carbocycles. The molecule has 3 aromatic rings. The van der Waals surface area contributed by atoms with Gasteiger partial charge >= 0.3 is 0 Å². The molecule has 29 heavy (non-hydrogen) atoms. The molecule has 5 N–H and O–H groups in total. The van der Waals surface area contributed by atoms with Crippen molar-refractivity contribution in [3.63, 3.8) is 0 Å². The number of rotatable bonds is 9. The maximum atomic E-state index is 12.1. The number of nitrogens with zero attached hydrogens (tertiary/aromatic N) is 1. The molecule has 0 atom stereocenters. The summed E-state index contributed by atoms with van der Waals surface area (Å²) in [5.74, 6) is 0.565. The Balaban J connectivity index is 2.15. The summed E-state index contributed by atoms with van der Waals surface area (Å²) in [6, 6.07) is 11.5. The molecule has 152 valence electrons. The number of aromatic nitrogens is 1. The van der Waals surface area contributed by atoms with E-state index in [4.69, 9.17) is 20.9 Å². The first-order valence-electron chi connectivity index (χ1n) is 9.57. The average Bonchev–Trinajstić information content (AvgIpc) is 2.73. The Kier molecular flexibility index (Phi) is 6.51. The van der Waals surface area contributed by atoms with Crippen molar-refractivity contribution in [3.8, 4) is 11.5 Å². The molecule has 0 unspecified atom stereocenters. The number of methoxy groups -OCH3 is 1. The third-order valence-corrected chi connectivity index (χ3v) is 4.68. The monoisotopic (exact) mass is 394 g/mol. The summed E-state index contributed by atoms with van der Waals surface area (Å²) < 4.78 is 11.3. The molecule has 0 aliphatic rings. The number of benzene rings is 2. The largest absolute Gasteiger partial charge is 0.493 e. The average molecular weight is 394 g/mol. The van der Waals surface area contributed by atoms with E-state index < -0.39 is 5.91 Å². The number of nitrogens with two attached hydrogens (primary N) is 2. The van der Waals surface area contributed by atoms with Crippen LogP contribution in [0.3, 0.4) is 0 Å². The molecule has 0 radical (unpaired) electrons. The van der Waals surface area contributed by atoms with Crippen LogP contribution in [-0.4, -0.2) is 31.2 Å². The van der Waals surface area contributed by atoms with E-state index in [1.54, 1.807) is 13.2 Å². The number of nitrogens with one attached hydrogen (secondary N) is 1. The Labute approximate surface area is 170 Å². The number of aryl methyl sites for hydroxylation is 1. The number of primary amides is 1. The number of carbonyl (C=O) groups excluding carboxylic acids is 1. The molecule has 0 aliphatic carbocycles. The predicted octanol–water partition coefficient (Wildman–Crippen LogP) is 3.38. The lowest BCUT2D eigenvalue weighted by molar-refractivity contribution is 0.100. The van der Waals surface area contributed by atoms with Gasteiger partial charge in [-0.15, -0.1) is 0 Å². The second-order valence-corrected chi connectivity index (χ2v) is 6.56. The predicted molar refractivity (Wildman–Crippen MR) is 115 cm³/mol. The number of amides is 1. The van der Waals surface area contributed by atoms with Gasteiger partial charge in [-0.3, -0.25) is 9.78 Å². The van der Waals surface area contributed by atoms with Gasteiger partial charge in [0, 0.05) is 23.3 Å². The normalized spacial score (nSPS) is 10.7. The Morgan fingerprint density at radius 2 is 2.00 bits per heavy atom. The highest BCUT2D eigenvalue weighted by Crippen LogP contribution is 2.37. The Morgan fingerprint density at radius 1 is 1.21 bits per heavy atom. The number of para-hydroxylation sites is 1. The van der Waals surface area contributed by atoms with Crippen LogP contribution in [0, 0.1) is 0 Å². The lowest BCUT2D eigenvalue weighted by Crippen LogP contribution is -2.14. The van der Waals surface area contributed by atoms with Crippen LogP contribution in [0.5, 0.6) is 11.5 Å². The number of anilines is 2. The molecule has 1 aromatic heterocycles. The summed E-state index contributed by atoms with van der Waals surface area (Å²) in [5.41, 5.74) is 14.8. The Hall–Kier alpha value is -3.32. The zero-order valence-corrected chi connectivity index (χ0v) is 16.7. The minimum absolute atomic E-state index is 0.308. The van der Waals surface area contributed by atoms with Gasteiger partial charge in [0.2, 0.25) is 0 Å². The SMILES string of the molecule is CCc1ccccc1Nc1c(C(N)=O)cnc2cc(OCCCN)c(OC)cc12. The van der Waals surface area contributed by atoms with Crippen LogP contribution < -0.4 is 26.3 Å². The van der Waals surface area contributed by atoms with E-state index in [1.165, 1.54) is 6.20 Å². The number of ether oxygens (including phenoxy) is 2. The van der Waals surface area contributed by atoms with E-state index in [9.17, 15) is 4.79 Å².